The minimum Gasteiger partial charge on any atom is -0.140 e. The zero-order chi connectivity index (χ0) is 5.70. The summed E-state index contributed by atoms with van der Waals surface area (Å²) in [4.78, 5) is 0. The van der Waals surface area contributed by atoms with Crippen LogP contribution in [0.5, 0.6) is 0 Å². The Labute approximate surface area is 41.1 Å². The molecule has 0 amide bonds. The Balaban J connectivity index is 3.35. The molecule has 0 aliphatic heterocycles. The van der Waals surface area contributed by atoms with E-state index in [1.807, 2.05) is 0 Å². The maximum atomic E-state index is 11.5. The van der Waals surface area contributed by atoms with Crippen LogP contribution in [0.25, 0.3) is 0 Å². The summed E-state index contributed by atoms with van der Waals surface area (Å²) >= 11 is 0. The van der Waals surface area contributed by atoms with Gasteiger partial charge in [0.2, 0.25) is 0 Å². The first-order valence-corrected chi connectivity index (χ1v) is 1.72. The first-order valence-electron chi connectivity index (χ1n) is 1.72. The molecular formula is C3H6FN3. The second kappa shape index (κ2) is 3.27. The molecule has 7 heavy (non-hydrogen) atoms. The van der Waals surface area contributed by atoms with Gasteiger partial charge >= 0.3 is 0 Å². The molecule has 0 rings (SSSR count). The van der Waals surface area contributed by atoms with E-state index in [9.17, 15) is 4.48 Å². The van der Waals surface area contributed by atoms with Crippen LogP contribution in [0.2, 0.25) is 0 Å². The highest BCUT2D eigenvalue weighted by Crippen LogP contribution is 1.84. The van der Waals surface area contributed by atoms with E-state index >= 15 is 0 Å². The molecule has 0 bridgehead atoms. The van der Waals surface area contributed by atoms with Crippen LogP contribution < -0.4 is 0 Å². The molecule has 0 radical (unpaired) electrons. The van der Waals surface area contributed by atoms with Crippen molar-refractivity contribution in [3.05, 3.63) is 0 Å². The molecule has 0 aromatic rings. The van der Waals surface area contributed by atoms with Crippen LogP contribution >= 0.6 is 0 Å². The predicted octanol–water partition coefficient (Wildman–Crippen LogP) is 0.794. The average molecular weight is 103 g/mol. The molecule has 0 N–H and O–H groups in total. The van der Waals surface area contributed by atoms with Crippen LogP contribution in [0.3, 0.4) is 0 Å². The fourth-order valence-electron chi connectivity index (χ4n) is 0.132. The summed E-state index contributed by atoms with van der Waals surface area (Å²) in [6, 6.07) is 0. The fraction of sp³-hybridized carbons (Fsp3) is 0.333. The van der Waals surface area contributed by atoms with E-state index in [-0.39, 0.29) is 5.34 Å². The highest BCUT2D eigenvalue weighted by atomic mass is 19.2. The second-order valence-electron chi connectivity index (χ2n) is 0.756. The van der Waals surface area contributed by atoms with Gasteiger partial charge in [-0.15, -0.1) is 10.2 Å². The molecule has 4 heteroatoms. The Morgan fingerprint density at radius 1 is 1.86 bits per heavy atom. The van der Waals surface area contributed by atoms with Crippen molar-refractivity contribution in [1.82, 2.24) is 5.34 Å². The molecule has 40 valence electrons. The summed E-state index contributed by atoms with van der Waals surface area (Å²) < 4.78 is 11.5. The van der Waals surface area contributed by atoms with Gasteiger partial charge in [0.25, 0.3) is 0 Å². The molecule has 0 heterocycles. The topological polar surface area (TPSA) is 28.0 Å². The summed E-state index contributed by atoms with van der Waals surface area (Å²) in [6.07, 6.45) is 1.27. The quantitative estimate of drug-likeness (QED) is 0.288. The Morgan fingerprint density at radius 3 is 2.57 bits per heavy atom. The van der Waals surface area contributed by atoms with Gasteiger partial charge in [-0.1, -0.05) is 4.48 Å². The summed E-state index contributed by atoms with van der Waals surface area (Å²) in [7, 11) is 0. The van der Waals surface area contributed by atoms with Crippen molar-refractivity contribution in [3.63, 3.8) is 0 Å². The molecule has 0 aliphatic carbocycles. The maximum absolute atomic E-state index is 11.5. The van der Waals surface area contributed by atoms with Gasteiger partial charge in [0.1, 0.15) is 0 Å². The summed E-state index contributed by atoms with van der Waals surface area (Å²) in [5, 5.41) is 5.74. The minimum atomic E-state index is -0.111. The lowest BCUT2D eigenvalue weighted by atomic mass is 10.9. The van der Waals surface area contributed by atoms with E-state index in [1.54, 1.807) is 6.92 Å². The van der Waals surface area contributed by atoms with Crippen LogP contribution in [0.1, 0.15) is 6.92 Å². The lowest BCUT2D eigenvalue weighted by Crippen LogP contribution is -1.91. The van der Waals surface area contributed by atoms with E-state index < -0.39 is 0 Å². The Morgan fingerprint density at radius 2 is 2.43 bits per heavy atom. The Kier molecular flexibility index (Phi) is 2.83. The van der Waals surface area contributed by atoms with Crippen molar-refractivity contribution < 1.29 is 4.48 Å². The summed E-state index contributed by atoms with van der Waals surface area (Å²) in [5.74, 6) is 0. The molecule has 0 aromatic carbocycles. The standard InChI is InChI=1S/C3H6FN3/c1-3-6-7(4)5-2/h3H,2H2,1H3/b6-3-. The normalized spacial score (nSPS) is 9.43. The molecule has 0 fully saturated rings. The lowest BCUT2D eigenvalue weighted by Gasteiger charge is -1.91. The number of nitrogens with zero attached hydrogens (tertiary/aromatic N) is 3. The fourth-order valence-corrected chi connectivity index (χ4v) is 0.132. The zero-order valence-corrected chi connectivity index (χ0v) is 4.00. The molecule has 0 aliphatic rings. The third-order valence-corrected chi connectivity index (χ3v) is 0.327. The monoisotopic (exact) mass is 103 g/mol. The van der Waals surface area contributed by atoms with Crippen LogP contribution in [-0.2, 0) is 0 Å². The van der Waals surface area contributed by atoms with E-state index in [2.05, 4.69) is 16.9 Å². The van der Waals surface area contributed by atoms with E-state index in [0.717, 1.165) is 0 Å². The van der Waals surface area contributed by atoms with Gasteiger partial charge in [0, 0.05) is 12.9 Å². The number of rotatable bonds is 2. The third-order valence-electron chi connectivity index (χ3n) is 0.327. The van der Waals surface area contributed by atoms with Gasteiger partial charge in [-0.25, -0.2) is 0 Å². The SMILES string of the molecule is C=NN(F)/N=C\C. The number of hydrazone groups is 2. The third kappa shape index (κ3) is 2.88. The van der Waals surface area contributed by atoms with Crippen LogP contribution in [0.15, 0.2) is 10.2 Å². The number of hydrogen-bond acceptors (Lipinski definition) is 3. The lowest BCUT2D eigenvalue weighted by molar-refractivity contribution is 0.0349. The minimum absolute atomic E-state index is 0.111. The maximum Gasteiger partial charge on any atom is 0.0263 e. The van der Waals surface area contributed by atoms with Crippen molar-refractivity contribution in [2.24, 2.45) is 10.2 Å². The molecule has 0 unspecified atom stereocenters. The summed E-state index contributed by atoms with van der Waals surface area (Å²) in [6.45, 7) is 4.45. The molecule has 0 saturated heterocycles. The molecular weight excluding hydrogens is 97.1 g/mol. The zero-order valence-electron chi connectivity index (χ0n) is 4.00. The van der Waals surface area contributed by atoms with Crippen LogP contribution in [0, 0.1) is 0 Å². The molecule has 0 spiro atoms. The van der Waals surface area contributed by atoms with Gasteiger partial charge in [-0.3, -0.25) is 0 Å². The van der Waals surface area contributed by atoms with E-state index in [4.69, 9.17) is 0 Å². The Bertz CT molecular complexity index is 80.2. The smallest absolute Gasteiger partial charge is 0.0263 e. The van der Waals surface area contributed by atoms with Gasteiger partial charge in [0.05, 0.1) is 0 Å². The molecule has 0 saturated carbocycles. The van der Waals surface area contributed by atoms with Gasteiger partial charge in [-0.2, -0.15) is 0 Å². The molecule has 3 nitrogen and oxygen atoms in total. The first kappa shape index (κ1) is 6.07. The van der Waals surface area contributed by atoms with Gasteiger partial charge < -0.3 is 0 Å². The average Bonchev–Trinajstić information content (AvgIpc) is 1.68. The van der Waals surface area contributed by atoms with Crippen molar-refractivity contribution in [2.75, 3.05) is 0 Å². The van der Waals surface area contributed by atoms with Crippen LogP contribution in [-0.4, -0.2) is 18.3 Å². The van der Waals surface area contributed by atoms with Crippen molar-refractivity contribution in [1.29, 1.82) is 0 Å². The number of hydrogen-bond donors (Lipinski definition) is 0. The summed E-state index contributed by atoms with van der Waals surface area (Å²) in [5.41, 5.74) is 0. The van der Waals surface area contributed by atoms with Crippen LogP contribution in [0.4, 0.5) is 4.48 Å². The van der Waals surface area contributed by atoms with E-state index in [0.29, 0.717) is 0 Å². The highest BCUT2D eigenvalue weighted by Gasteiger charge is 1.80. The largest absolute Gasteiger partial charge is 0.140 e. The Hall–Kier alpha value is -0.930. The number of halogens is 1. The van der Waals surface area contributed by atoms with Crippen molar-refractivity contribution in [3.8, 4) is 0 Å². The highest BCUT2D eigenvalue weighted by molar-refractivity contribution is 5.52. The second-order valence-corrected chi connectivity index (χ2v) is 0.756. The molecule has 0 atom stereocenters. The predicted molar refractivity (Wildman–Crippen MR) is 26.7 cm³/mol. The van der Waals surface area contributed by atoms with Gasteiger partial charge in [-0.05, 0) is 12.3 Å². The molecule has 0 aromatic heterocycles. The van der Waals surface area contributed by atoms with E-state index in [1.165, 1.54) is 6.21 Å². The van der Waals surface area contributed by atoms with Crippen molar-refractivity contribution >= 4 is 12.9 Å². The van der Waals surface area contributed by atoms with Crippen molar-refractivity contribution in [2.45, 2.75) is 6.92 Å². The first-order chi connectivity index (χ1) is 3.31. The van der Waals surface area contributed by atoms with Gasteiger partial charge in [0.15, 0.2) is 0 Å².